The zero-order valence-electron chi connectivity index (χ0n) is 5.95. The van der Waals surface area contributed by atoms with Crippen LogP contribution >= 0.6 is 24.0 Å². The van der Waals surface area contributed by atoms with Crippen LogP contribution in [0.4, 0.5) is 0 Å². The Morgan fingerprint density at radius 2 is 2.18 bits per heavy atom. The average Bonchev–Trinajstić information content (AvgIpc) is 1.95. The van der Waals surface area contributed by atoms with E-state index in [0.717, 1.165) is 5.69 Å². The molecule has 3 nitrogen and oxygen atoms in total. The van der Waals surface area contributed by atoms with Gasteiger partial charge in [-0.2, -0.15) is 5.10 Å². The molecule has 0 atom stereocenters. The standard InChI is InChI=1S/C6H7ClN2O.ClH/c1-10-4-5-2-3-6(7)9-8-5;/h2-3H,4H2,1H3;1H. The van der Waals surface area contributed by atoms with E-state index in [2.05, 4.69) is 10.2 Å². The smallest absolute Gasteiger partial charge is 0.151 e. The van der Waals surface area contributed by atoms with Gasteiger partial charge in [-0.05, 0) is 12.1 Å². The van der Waals surface area contributed by atoms with Crippen molar-refractivity contribution >= 4 is 24.0 Å². The van der Waals surface area contributed by atoms with Gasteiger partial charge >= 0.3 is 0 Å². The van der Waals surface area contributed by atoms with Crippen molar-refractivity contribution in [3.8, 4) is 0 Å². The van der Waals surface area contributed by atoms with E-state index in [9.17, 15) is 0 Å². The third-order valence-corrected chi connectivity index (χ3v) is 1.18. The molecular formula is C6H8Cl2N2O. The van der Waals surface area contributed by atoms with Gasteiger partial charge in [0, 0.05) is 7.11 Å². The molecule has 62 valence electrons. The fraction of sp³-hybridized carbons (Fsp3) is 0.333. The van der Waals surface area contributed by atoms with Crippen molar-refractivity contribution in [2.45, 2.75) is 6.61 Å². The first-order valence-corrected chi connectivity index (χ1v) is 3.18. The predicted molar refractivity (Wildman–Crippen MR) is 45.0 cm³/mol. The molecule has 5 heteroatoms. The Morgan fingerprint density at radius 3 is 2.64 bits per heavy atom. The first kappa shape index (κ1) is 10.6. The number of hydrogen-bond acceptors (Lipinski definition) is 3. The van der Waals surface area contributed by atoms with E-state index in [0.29, 0.717) is 11.8 Å². The van der Waals surface area contributed by atoms with Crippen molar-refractivity contribution in [1.82, 2.24) is 10.2 Å². The van der Waals surface area contributed by atoms with Crippen molar-refractivity contribution in [2.24, 2.45) is 0 Å². The minimum Gasteiger partial charge on any atom is -0.378 e. The Hall–Kier alpha value is -0.380. The molecule has 0 spiro atoms. The maximum atomic E-state index is 5.50. The molecule has 0 bridgehead atoms. The van der Waals surface area contributed by atoms with Crippen molar-refractivity contribution < 1.29 is 4.74 Å². The van der Waals surface area contributed by atoms with Gasteiger partial charge in [0.2, 0.25) is 0 Å². The molecule has 0 radical (unpaired) electrons. The molecule has 0 aliphatic carbocycles. The van der Waals surface area contributed by atoms with Gasteiger partial charge in [0.15, 0.2) is 5.15 Å². The van der Waals surface area contributed by atoms with Crippen LogP contribution in [0, 0.1) is 0 Å². The van der Waals surface area contributed by atoms with Crippen LogP contribution in [0.1, 0.15) is 5.69 Å². The van der Waals surface area contributed by atoms with Crippen molar-refractivity contribution in [3.63, 3.8) is 0 Å². The van der Waals surface area contributed by atoms with Crippen LogP contribution in [0.5, 0.6) is 0 Å². The van der Waals surface area contributed by atoms with E-state index in [1.165, 1.54) is 0 Å². The number of hydrogen-bond donors (Lipinski definition) is 0. The molecule has 0 unspecified atom stereocenters. The average molecular weight is 195 g/mol. The number of nitrogens with zero attached hydrogens (tertiary/aromatic N) is 2. The molecule has 1 rings (SSSR count). The maximum absolute atomic E-state index is 5.50. The highest BCUT2D eigenvalue weighted by molar-refractivity contribution is 6.29. The van der Waals surface area contributed by atoms with E-state index in [4.69, 9.17) is 16.3 Å². The van der Waals surface area contributed by atoms with Gasteiger partial charge in [0.05, 0.1) is 12.3 Å². The largest absolute Gasteiger partial charge is 0.378 e. The zero-order valence-corrected chi connectivity index (χ0v) is 7.52. The van der Waals surface area contributed by atoms with Gasteiger partial charge in [-0.3, -0.25) is 0 Å². The zero-order chi connectivity index (χ0) is 7.40. The molecule has 0 amide bonds. The molecule has 0 N–H and O–H groups in total. The summed E-state index contributed by atoms with van der Waals surface area (Å²) in [4.78, 5) is 0. The van der Waals surface area contributed by atoms with E-state index in [1.54, 1.807) is 19.2 Å². The Kier molecular flexibility index (Phi) is 5.11. The van der Waals surface area contributed by atoms with Crippen molar-refractivity contribution in [2.75, 3.05) is 7.11 Å². The Labute approximate surface area is 76.1 Å². The fourth-order valence-corrected chi connectivity index (χ4v) is 0.669. The maximum Gasteiger partial charge on any atom is 0.151 e. The number of ether oxygens (including phenoxy) is 1. The molecule has 0 saturated heterocycles. The summed E-state index contributed by atoms with van der Waals surface area (Å²) < 4.78 is 4.82. The molecule has 1 heterocycles. The van der Waals surface area contributed by atoms with Gasteiger partial charge in [0.1, 0.15) is 0 Å². The Morgan fingerprint density at radius 1 is 1.45 bits per heavy atom. The molecule has 0 fully saturated rings. The number of methoxy groups -OCH3 is 1. The number of aromatic nitrogens is 2. The predicted octanol–water partition coefficient (Wildman–Crippen LogP) is 1.70. The Balaban J connectivity index is 0.000001000. The van der Waals surface area contributed by atoms with E-state index in [1.807, 2.05) is 0 Å². The quantitative estimate of drug-likeness (QED) is 0.720. The highest BCUT2D eigenvalue weighted by Gasteiger charge is 1.92. The topological polar surface area (TPSA) is 35.0 Å². The van der Waals surface area contributed by atoms with E-state index < -0.39 is 0 Å². The summed E-state index contributed by atoms with van der Waals surface area (Å²) in [6.45, 7) is 0.476. The molecule has 0 aromatic carbocycles. The second kappa shape index (κ2) is 5.29. The van der Waals surface area contributed by atoms with Crippen LogP contribution in [0.3, 0.4) is 0 Å². The highest BCUT2D eigenvalue weighted by Crippen LogP contribution is 2.02. The van der Waals surface area contributed by atoms with Crippen LogP contribution in [-0.2, 0) is 11.3 Å². The van der Waals surface area contributed by atoms with Crippen LogP contribution in [0.2, 0.25) is 5.15 Å². The molecule has 11 heavy (non-hydrogen) atoms. The minimum atomic E-state index is 0. The van der Waals surface area contributed by atoms with E-state index >= 15 is 0 Å². The summed E-state index contributed by atoms with van der Waals surface area (Å²) >= 11 is 5.50. The normalized spacial score (nSPS) is 8.91. The SMILES string of the molecule is COCc1ccc(Cl)nn1.Cl. The monoisotopic (exact) mass is 194 g/mol. The molecule has 1 aromatic rings. The second-order valence-electron chi connectivity index (χ2n) is 1.78. The summed E-state index contributed by atoms with van der Waals surface area (Å²) in [5.41, 5.74) is 0.784. The molecule has 1 aromatic heterocycles. The first-order valence-electron chi connectivity index (χ1n) is 2.80. The minimum absolute atomic E-state index is 0. The van der Waals surface area contributed by atoms with Crippen LogP contribution < -0.4 is 0 Å². The van der Waals surface area contributed by atoms with Crippen LogP contribution in [-0.4, -0.2) is 17.3 Å². The highest BCUT2D eigenvalue weighted by atomic mass is 35.5. The van der Waals surface area contributed by atoms with Gasteiger partial charge < -0.3 is 4.74 Å². The molecule has 0 saturated carbocycles. The van der Waals surface area contributed by atoms with E-state index in [-0.39, 0.29) is 12.4 Å². The Bertz CT molecular complexity index is 202. The van der Waals surface area contributed by atoms with Crippen molar-refractivity contribution in [1.29, 1.82) is 0 Å². The number of halogens is 2. The van der Waals surface area contributed by atoms with Crippen LogP contribution in [0.25, 0.3) is 0 Å². The third kappa shape index (κ3) is 3.51. The summed E-state index contributed by atoms with van der Waals surface area (Å²) in [6, 6.07) is 3.46. The summed E-state index contributed by atoms with van der Waals surface area (Å²) in [7, 11) is 1.61. The lowest BCUT2D eigenvalue weighted by molar-refractivity contribution is 0.180. The van der Waals surface area contributed by atoms with Crippen LogP contribution in [0.15, 0.2) is 12.1 Å². The molecule has 0 aliphatic rings. The fourth-order valence-electron chi connectivity index (χ4n) is 0.568. The summed E-state index contributed by atoms with van der Waals surface area (Å²) in [5.74, 6) is 0. The summed E-state index contributed by atoms with van der Waals surface area (Å²) in [6.07, 6.45) is 0. The molecular weight excluding hydrogens is 187 g/mol. The van der Waals surface area contributed by atoms with Gasteiger partial charge in [-0.15, -0.1) is 17.5 Å². The first-order chi connectivity index (χ1) is 4.83. The second-order valence-corrected chi connectivity index (χ2v) is 2.17. The van der Waals surface area contributed by atoms with Gasteiger partial charge in [0.25, 0.3) is 0 Å². The lowest BCUT2D eigenvalue weighted by Crippen LogP contribution is -1.93. The molecule has 0 aliphatic heterocycles. The van der Waals surface area contributed by atoms with Crippen molar-refractivity contribution in [3.05, 3.63) is 23.0 Å². The lowest BCUT2D eigenvalue weighted by atomic mass is 10.4. The summed E-state index contributed by atoms with van der Waals surface area (Å²) in [5, 5.41) is 7.80. The van der Waals surface area contributed by atoms with Gasteiger partial charge in [-0.25, -0.2) is 0 Å². The lowest BCUT2D eigenvalue weighted by Gasteiger charge is -1.94. The number of rotatable bonds is 2. The third-order valence-electron chi connectivity index (χ3n) is 0.979. The van der Waals surface area contributed by atoms with Gasteiger partial charge in [-0.1, -0.05) is 11.6 Å².